The number of amides is 2. The molecule has 0 radical (unpaired) electrons. The first-order chi connectivity index (χ1) is 15.7. The lowest BCUT2D eigenvalue weighted by molar-refractivity contribution is -0.128. The number of aromatic nitrogens is 1. The van der Waals surface area contributed by atoms with Crippen LogP contribution in [0.15, 0.2) is 53.9 Å². The van der Waals surface area contributed by atoms with E-state index < -0.39 is 6.10 Å². The highest BCUT2D eigenvalue weighted by Gasteiger charge is 2.29. The lowest BCUT2D eigenvalue weighted by atomic mass is 10.1. The van der Waals surface area contributed by atoms with Crippen LogP contribution < -0.4 is 20.3 Å². The van der Waals surface area contributed by atoms with Crippen molar-refractivity contribution >= 4 is 39.7 Å². The Kier molecular flexibility index (Phi) is 5.74. The van der Waals surface area contributed by atoms with Gasteiger partial charge in [0.1, 0.15) is 5.75 Å². The Hall–Kier alpha value is -3.43. The highest BCUT2D eigenvalue weighted by molar-refractivity contribution is 7.14. The van der Waals surface area contributed by atoms with Crippen LogP contribution in [-0.4, -0.2) is 49.2 Å². The third kappa shape index (κ3) is 4.44. The van der Waals surface area contributed by atoms with Crippen LogP contribution in [0.2, 0.25) is 0 Å². The van der Waals surface area contributed by atoms with Gasteiger partial charge in [-0.05, 0) is 24.3 Å². The zero-order valence-electron chi connectivity index (χ0n) is 17.2. The minimum atomic E-state index is -0.863. The topological polar surface area (TPSA) is 92.8 Å². The summed E-state index contributed by atoms with van der Waals surface area (Å²) in [5.41, 5.74) is 3.15. The number of para-hydroxylation sites is 2. The summed E-state index contributed by atoms with van der Waals surface area (Å²) in [4.78, 5) is 31.7. The number of carbonyl (C=O) groups excluding carboxylic acids is 2. The van der Waals surface area contributed by atoms with Gasteiger partial charge < -0.3 is 25.0 Å². The van der Waals surface area contributed by atoms with Crippen molar-refractivity contribution in [1.29, 1.82) is 0 Å². The van der Waals surface area contributed by atoms with Crippen LogP contribution in [0.3, 0.4) is 0 Å². The van der Waals surface area contributed by atoms with Gasteiger partial charge >= 0.3 is 0 Å². The van der Waals surface area contributed by atoms with Gasteiger partial charge in [-0.15, -0.1) is 11.3 Å². The van der Waals surface area contributed by atoms with Crippen LogP contribution in [0, 0.1) is 0 Å². The van der Waals surface area contributed by atoms with E-state index in [2.05, 4.69) is 15.5 Å². The van der Waals surface area contributed by atoms with Crippen LogP contribution in [0.4, 0.5) is 16.5 Å². The lowest BCUT2D eigenvalue weighted by Crippen LogP contribution is -2.39. The fourth-order valence-corrected chi connectivity index (χ4v) is 4.52. The zero-order valence-corrected chi connectivity index (χ0v) is 18.1. The number of anilines is 3. The molecule has 9 heteroatoms. The molecular formula is C23H22N4O4S. The molecule has 3 heterocycles. The van der Waals surface area contributed by atoms with Gasteiger partial charge in [0, 0.05) is 29.7 Å². The second kappa shape index (κ2) is 8.97. The molecule has 2 aromatic carbocycles. The van der Waals surface area contributed by atoms with Gasteiger partial charge in [0.15, 0.2) is 11.2 Å². The number of hydrogen-bond donors (Lipinski definition) is 2. The number of nitrogens with zero attached hydrogens (tertiary/aromatic N) is 2. The van der Waals surface area contributed by atoms with Crippen LogP contribution in [0.25, 0.3) is 11.3 Å². The maximum atomic E-state index is 12.5. The number of ether oxygens (including phenoxy) is 2. The highest BCUT2D eigenvalue weighted by atomic mass is 32.1. The smallest absolute Gasteiger partial charge is 0.266 e. The number of morpholine rings is 1. The Balaban J connectivity index is 1.19. The van der Waals surface area contributed by atoms with Crippen molar-refractivity contribution in [1.82, 2.24) is 4.98 Å². The van der Waals surface area contributed by atoms with E-state index >= 15 is 0 Å². The van der Waals surface area contributed by atoms with Crippen LogP contribution >= 0.6 is 11.3 Å². The minimum Gasteiger partial charge on any atom is -0.478 e. The second-order valence-corrected chi connectivity index (χ2v) is 8.37. The summed E-state index contributed by atoms with van der Waals surface area (Å²) in [5, 5.41) is 8.63. The van der Waals surface area contributed by atoms with Crippen molar-refractivity contribution in [2.45, 2.75) is 12.5 Å². The molecule has 0 saturated carbocycles. The van der Waals surface area contributed by atoms with Gasteiger partial charge in [-0.3, -0.25) is 9.59 Å². The molecule has 1 atom stereocenters. The van der Waals surface area contributed by atoms with Gasteiger partial charge in [-0.25, -0.2) is 4.98 Å². The van der Waals surface area contributed by atoms with Crippen molar-refractivity contribution in [3.8, 4) is 17.0 Å². The number of nitrogens with one attached hydrogen (secondary N) is 2. The molecule has 32 heavy (non-hydrogen) atoms. The molecule has 0 unspecified atom stereocenters. The highest BCUT2D eigenvalue weighted by Crippen LogP contribution is 2.30. The number of hydrogen-bond acceptors (Lipinski definition) is 7. The standard InChI is InChI=1S/C23H22N4O4S/c28-21(13-20-22(29)25-17-3-1-2-4-19(17)31-20)24-16-7-5-15(6-8-16)18-14-32-23(26-18)27-9-11-30-12-10-27/h1-8,14,20H,9-13H2,(H,24,28)(H,25,29)/t20-/m0/s1. The monoisotopic (exact) mass is 450 g/mol. The van der Waals surface area contributed by atoms with Gasteiger partial charge in [0.2, 0.25) is 5.91 Å². The first kappa shape index (κ1) is 20.5. The van der Waals surface area contributed by atoms with E-state index in [4.69, 9.17) is 14.5 Å². The Morgan fingerprint density at radius 1 is 1.16 bits per heavy atom. The molecule has 8 nitrogen and oxygen atoms in total. The fraction of sp³-hybridized carbons (Fsp3) is 0.261. The molecule has 1 saturated heterocycles. The number of fused-ring (bicyclic) bond motifs is 1. The average molecular weight is 451 g/mol. The summed E-state index contributed by atoms with van der Waals surface area (Å²) >= 11 is 1.62. The molecule has 2 aliphatic rings. The van der Waals surface area contributed by atoms with E-state index in [1.807, 2.05) is 41.8 Å². The number of rotatable bonds is 5. The minimum absolute atomic E-state index is 0.0725. The average Bonchev–Trinajstić information content (AvgIpc) is 3.31. The van der Waals surface area contributed by atoms with Crippen LogP contribution in [-0.2, 0) is 14.3 Å². The lowest BCUT2D eigenvalue weighted by Gasteiger charge is -2.26. The largest absolute Gasteiger partial charge is 0.478 e. The summed E-state index contributed by atoms with van der Waals surface area (Å²) in [6.07, 6.45) is -0.936. The van der Waals surface area contributed by atoms with E-state index in [1.54, 1.807) is 23.5 Å². The molecule has 5 rings (SSSR count). The van der Waals surface area contributed by atoms with Gasteiger partial charge in [-0.1, -0.05) is 24.3 Å². The van der Waals surface area contributed by atoms with Gasteiger partial charge in [0.05, 0.1) is 31.0 Å². The third-order valence-corrected chi connectivity index (χ3v) is 6.22. The van der Waals surface area contributed by atoms with E-state index in [9.17, 15) is 9.59 Å². The van der Waals surface area contributed by atoms with Gasteiger partial charge in [0.25, 0.3) is 5.91 Å². The summed E-state index contributed by atoms with van der Waals surface area (Å²) < 4.78 is 11.1. The molecule has 0 spiro atoms. The third-order valence-electron chi connectivity index (χ3n) is 5.32. The van der Waals surface area contributed by atoms with Crippen LogP contribution in [0.1, 0.15) is 6.42 Å². The molecule has 0 bridgehead atoms. The molecular weight excluding hydrogens is 428 g/mol. The summed E-state index contributed by atoms with van der Waals surface area (Å²) in [7, 11) is 0. The number of carbonyl (C=O) groups is 2. The van der Waals surface area contributed by atoms with Crippen molar-refractivity contribution in [3.63, 3.8) is 0 Å². The first-order valence-corrected chi connectivity index (χ1v) is 11.3. The second-order valence-electron chi connectivity index (χ2n) is 7.54. The summed E-state index contributed by atoms with van der Waals surface area (Å²) in [6, 6.07) is 14.7. The van der Waals surface area contributed by atoms with Crippen molar-refractivity contribution in [3.05, 3.63) is 53.9 Å². The molecule has 3 aromatic rings. The molecule has 2 amide bonds. The SMILES string of the molecule is O=C(C[C@@H]1Oc2ccccc2NC1=O)Nc1ccc(-c2csc(N3CCOCC3)n2)cc1. The first-order valence-electron chi connectivity index (χ1n) is 10.4. The normalized spacial score (nSPS) is 17.8. The molecule has 2 aliphatic heterocycles. The van der Waals surface area contributed by atoms with E-state index in [-0.39, 0.29) is 18.2 Å². The maximum Gasteiger partial charge on any atom is 0.266 e. The number of benzene rings is 2. The zero-order chi connectivity index (χ0) is 21.9. The molecule has 1 aromatic heterocycles. The summed E-state index contributed by atoms with van der Waals surface area (Å²) in [5.74, 6) is -0.0525. The maximum absolute atomic E-state index is 12.5. The summed E-state index contributed by atoms with van der Waals surface area (Å²) in [6.45, 7) is 3.16. The van der Waals surface area contributed by atoms with Crippen molar-refractivity contribution < 1.29 is 19.1 Å². The Bertz CT molecular complexity index is 1130. The quantitative estimate of drug-likeness (QED) is 0.619. The van der Waals surface area contributed by atoms with Crippen molar-refractivity contribution in [2.75, 3.05) is 41.8 Å². The van der Waals surface area contributed by atoms with E-state index in [0.717, 1.165) is 42.7 Å². The predicted octanol–water partition coefficient (Wildman–Crippen LogP) is 3.38. The van der Waals surface area contributed by atoms with Crippen LogP contribution in [0.5, 0.6) is 5.75 Å². The fourth-order valence-electron chi connectivity index (χ4n) is 3.63. The Morgan fingerprint density at radius 2 is 1.94 bits per heavy atom. The molecule has 0 aliphatic carbocycles. The molecule has 2 N–H and O–H groups in total. The molecule has 164 valence electrons. The Morgan fingerprint density at radius 3 is 2.75 bits per heavy atom. The van der Waals surface area contributed by atoms with Crippen molar-refractivity contribution in [2.24, 2.45) is 0 Å². The van der Waals surface area contributed by atoms with E-state index in [0.29, 0.717) is 17.1 Å². The number of thiazole rings is 1. The molecule has 1 fully saturated rings. The Labute approximate surface area is 189 Å². The van der Waals surface area contributed by atoms with Gasteiger partial charge in [-0.2, -0.15) is 0 Å². The predicted molar refractivity (Wildman–Crippen MR) is 123 cm³/mol. The van der Waals surface area contributed by atoms with E-state index in [1.165, 1.54) is 0 Å².